The molecule has 4 aromatic rings. The molecule has 2 aromatic carbocycles. The zero-order valence-corrected chi connectivity index (χ0v) is 19.0. The van der Waals surface area contributed by atoms with Crippen molar-refractivity contribution in [3.63, 3.8) is 0 Å². The van der Waals surface area contributed by atoms with Crippen molar-refractivity contribution >= 4 is 11.3 Å². The molecule has 0 aliphatic carbocycles. The lowest BCUT2D eigenvalue weighted by atomic mass is 10.0. The summed E-state index contributed by atoms with van der Waals surface area (Å²) in [6.45, 7) is 3.81. The van der Waals surface area contributed by atoms with E-state index in [-0.39, 0.29) is 5.76 Å². The topological polar surface area (TPSA) is 97.8 Å². The Morgan fingerprint density at radius 1 is 0.844 bits per heavy atom. The van der Waals surface area contributed by atoms with E-state index in [1.54, 1.807) is 38.5 Å². The molecule has 0 bridgehead atoms. The summed E-state index contributed by atoms with van der Waals surface area (Å²) in [6.07, 6.45) is -2.38. The van der Waals surface area contributed by atoms with Crippen molar-refractivity contribution in [2.75, 3.05) is 14.2 Å². The summed E-state index contributed by atoms with van der Waals surface area (Å²) in [6, 6.07) is 14.3. The second-order valence-electron chi connectivity index (χ2n) is 7.35. The largest absolute Gasteiger partial charge is 0.496 e. The first kappa shape index (κ1) is 22.0. The molecule has 166 valence electrons. The summed E-state index contributed by atoms with van der Waals surface area (Å²) in [5.74, 6) is 2.13. The molecule has 2 heterocycles. The van der Waals surface area contributed by atoms with Crippen LogP contribution in [0.2, 0.25) is 0 Å². The van der Waals surface area contributed by atoms with Crippen molar-refractivity contribution in [3.8, 4) is 33.4 Å². The maximum absolute atomic E-state index is 10.7. The fourth-order valence-corrected chi connectivity index (χ4v) is 4.17. The van der Waals surface area contributed by atoms with Crippen molar-refractivity contribution in [1.82, 2.24) is 10.2 Å². The molecule has 0 aliphatic rings. The lowest BCUT2D eigenvalue weighted by molar-refractivity contribution is 0.00453. The third-order valence-electron chi connectivity index (χ3n) is 5.28. The number of methoxy groups -OCH3 is 2. The molecule has 2 aromatic heterocycles. The number of aliphatic hydroxyl groups excluding tert-OH is 2. The van der Waals surface area contributed by atoms with E-state index in [0.29, 0.717) is 22.8 Å². The van der Waals surface area contributed by atoms with Gasteiger partial charge in [-0.1, -0.05) is 35.6 Å². The molecule has 0 spiro atoms. The quantitative estimate of drug-likeness (QED) is 0.413. The molecule has 2 N–H and O–H groups in total. The number of aliphatic hydroxyl groups is 2. The van der Waals surface area contributed by atoms with Gasteiger partial charge in [0.25, 0.3) is 0 Å². The molecule has 0 aliphatic heterocycles. The van der Waals surface area contributed by atoms with E-state index in [0.717, 1.165) is 26.7 Å². The van der Waals surface area contributed by atoms with E-state index in [4.69, 9.17) is 13.9 Å². The lowest BCUT2D eigenvalue weighted by Gasteiger charge is -2.16. The standard InChI is InChI=1S/C24H24N2O5S/c1-13-20(29-3)11-17(12-21(13)30-4)18-9-10-19(31-18)23(28)22(27)15-5-7-16(8-6-15)24-26-25-14(2)32-24/h5-12,22-23,27-28H,1-4H3. The summed E-state index contributed by atoms with van der Waals surface area (Å²) in [7, 11) is 3.19. The van der Waals surface area contributed by atoms with Gasteiger partial charge in [-0.25, -0.2) is 0 Å². The Hall–Kier alpha value is -3.20. The van der Waals surface area contributed by atoms with Crippen LogP contribution in [0, 0.1) is 13.8 Å². The Labute approximate surface area is 189 Å². The Morgan fingerprint density at radius 3 is 2.06 bits per heavy atom. The number of ether oxygens (including phenoxy) is 2. The SMILES string of the molecule is COc1cc(-c2ccc(C(O)C(O)c3ccc(-c4nnc(C)s4)cc3)o2)cc(OC)c1C. The van der Waals surface area contributed by atoms with E-state index >= 15 is 0 Å². The van der Waals surface area contributed by atoms with Crippen LogP contribution in [0.15, 0.2) is 52.9 Å². The Morgan fingerprint density at radius 2 is 1.50 bits per heavy atom. The molecule has 8 heteroatoms. The van der Waals surface area contributed by atoms with E-state index < -0.39 is 12.2 Å². The van der Waals surface area contributed by atoms with Gasteiger partial charge >= 0.3 is 0 Å². The summed E-state index contributed by atoms with van der Waals surface area (Å²) in [4.78, 5) is 0. The van der Waals surface area contributed by atoms with Crippen molar-refractivity contribution in [2.24, 2.45) is 0 Å². The first-order valence-electron chi connectivity index (χ1n) is 10.0. The maximum Gasteiger partial charge on any atom is 0.147 e. The van der Waals surface area contributed by atoms with E-state index in [9.17, 15) is 10.2 Å². The molecule has 0 radical (unpaired) electrons. The zero-order valence-electron chi connectivity index (χ0n) is 18.2. The van der Waals surface area contributed by atoms with Crippen LogP contribution in [0.25, 0.3) is 21.9 Å². The minimum atomic E-state index is -1.23. The Balaban J connectivity index is 1.55. The third-order valence-corrected chi connectivity index (χ3v) is 6.17. The van der Waals surface area contributed by atoms with Gasteiger partial charge in [0.1, 0.15) is 45.2 Å². The summed E-state index contributed by atoms with van der Waals surface area (Å²) in [5.41, 5.74) is 3.10. The van der Waals surface area contributed by atoms with Crippen LogP contribution in [-0.4, -0.2) is 34.6 Å². The predicted molar refractivity (Wildman–Crippen MR) is 122 cm³/mol. The van der Waals surface area contributed by atoms with Gasteiger partial charge in [-0.3, -0.25) is 0 Å². The van der Waals surface area contributed by atoms with Crippen LogP contribution in [0.5, 0.6) is 11.5 Å². The van der Waals surface area contributed by atoms with Gasteiger partial charge in [0, 0.05) is 16.7 Å². The second-order valence-corrected chi connectivity index (χ2v) is 8.53. The van der Waals surface area contributed by atoms with Crippen LogP contribution < -0.4 is 9.47 Å². The Kier molecular flexibility index (Phi) is 6.27. The van der Waals surface area contributed by atoms with Crippen LogP contribution in [0.3, 0.4) is 0 Å². The highest BCUT2D eigenvalue weighted by molar-refractivity contribution is 7.14. The van der Waals surface area contributed by atoms with Crippen molar-refractivity contribution < 1.29 is 24.1 Å². The van der Waals surface area contributed by atoms with Crippen molar-refractivity contribution in [2.45, 2.75) is 26.1 Å². The molecule has 2 atom stereocenters. The molecule has 4 rings (SSSR count). The molecule has 0 fully saturated rings. The van der Waals surface area contributed by atoms with Gasteiger partial charge in [0.2, 0.25) is 0 Å². The van der Waals surface area contributed by atoms with Crippen LogP contribution >= 0.6 is 11.3 Å². The number of hydrogen-bond acceptors (Lipinski definition) is 8. The number of aromatic nitrogens is 2. The van der Waals surface area contributed by atoms with Gasteiger partial charge in [-0.15, -0.1) is 10.2 Å². The molecule has 0 saturated carbocycles. The predicted octanol–water partition coefficient (Wildman–Crippen LogP) is 4.87. The fraction of sp³-hybridized carbons (Fsp3) is 0.250. The molecule has 2 unspecified atom stereocenters. The molecule has 0 saturated heterocycles. The molecule has 32 heavy (non-hydrogen) atoms. The van der Waals surface area contributed by atoms with Gasteiger partial charge < -0.3 is 24.1 Å². The van der Waals surface area contributed by atoms with E-state index in [2.05, 4.69) is 10.2 Å². The molecule has 7 nitrogen and oxygen atoms in total. The lowest BCUT2D eigenvalue weighted by Crippen LogP contribution is -2.09. The highest BCUT2D eigenvalue weighted by atomic mass is 32.1. The number of benzene rings is 2. The number of aryl methyl sites for hydroxylation is 1. The van der Waals surface area contributed by atoms with Crippen LogP contribution in [-0.2, 0) is 0 Å². The molecule has 0 amide bonds. The highest BCUT2D eigenvalue weighted by Crippen LogP contribution is 2.37. The first-order valence-corrected chi connectivity index (χ1v) is 10.8. The molecular formula is C24H24N2O5S. The van der Waals surface area contributed by atoms with Crippen LogP contribution in [0.1, 0.15) is 34.1 Å². The number of furan rings is 1. The minimum Gasteiger partial charge on any atom is -0.496 e. The van der Waals surface area contributed by atoms with Gasteiger partial charge in [-0.05, 0) is 43.7 Å². The van der Waals surface area contributed by atoms with Gasteiger partial charge in [0.05, 0.1) is 14.2 Å². The first-order chi connectivity index (χ1) is 15.4. The smallest absolute Gasteiger partial charge is 0.147 e. The van der Waals surface area contributed by atoms with Crippen molar-refractivity contribution in [3.05, 3.63) is 70.4 Å². The minimum absolute atomic E-state index is 0.259. The average Bonchev–Trinajstić information content (AvgIpc) is 3.48. The normalized spacial score (nSPS) is 13.1. The molecular weight excluding hydrogens is 428 g/mol. The summed E-state index contributed by atoms with van der Waals surface area (Å²) in [5, 5.41) is 31.3. The summed E-state index contributed by atoms with van der Waals surface area (Å²) >= 11 is 1.50. The fourth-order valence-electron chi connectivity index (χ4n) is 3.47. The number of nitrogens with zero attached hydrogens (tertiary/aromatic N) is 2. The van der Waals surface area contributed by atoms with E-state index in [1.807, 2.05) is 38.1 Å². The summed E-state index contributed by atoms with van der Waals surface area (Å²) < 4.78 is 16.7. The second kappa shape index (κ2) is 9.12. The highest BCUT2D eigenvalue weighted by Gasteiger charge is 2.24. The number of rotatable bonds is 7. The van der Waals surface area contributed by atoms with E-state index in [1.165, 1.54) is 11.3 Å². The third kappa shape index (κ3) is 4.25. The van der Waals surface area contributed by atoms with Gasteiger partial charge in [0.15, 0.2) is 0 Å². The van der Waals surface area contributed by atoms with Crippen LogP contribution in [0.4, 0.5) is 0 Å². The monoisotopic (exact) mass is 452 g/mol. The Bertz CT molecular complexity index is 1190. The van der Waals surface area contributed by atoms with Gasteiger partial charge in [-0.2, -0.15) is 0 Å². The van der Waals surface area contributed by atoms with Crippen molar-refractivity contribution in [1.29, 1.82) is 0 Å². The average molecular weight is 453 g/mol. The number of hydrogen-bond donors (Lipinski definition) is 2. The zero-order chi connectivity index (χ0) is 22.8. The maximum atomic E-state index is 10.7.